The third-order valence-corrected chi connectivity index (χ3v) is 3.79. The molecule has 4 nitrogen and oxygen atoms in total. The Kier molecular flexibility index (Phi) is 6.93. The number of nitrogens with one attached hydrogen (secondary N) is 1. The fourth-order valence-corrected chi connectivity index (χ4v) is 2.55. The van der Waals surface area contributed by atoms with Gasteiger partial charge in [-0.1, -0.05) is 31.5 Å². The molecular weight excluding hydrogens is 375 g/mol. The number of halogens is 2. The summed E-state index contributed by atoms with van der Waals surface area (Å²) in [5.41, 5.74) is 4.26. The number of hydrazone groups is 1. The minimum atomic E-state index is -0.377. The van der Waals surface area contributed by atoms with Crippen LogP contribution in [0.4, 0.5) is 4.39 Å². The Bertz CT molecular complexity index is 717. The number of benzene rings is 2. The minimum absolute atomic E-state index is 0.146. The molecule has 0 unspecified atom stereocenters. The summed E-state index contributed by atoms with van der Waals surface area (Å²) in [6, 6.07) is 11.6. The summed E-state index contributed by atoms with van der Waals surface area (Å²) in [6.07, 6.45) is 3.51. The second-order valence-corrected chi connectivity index (χ2v) is 6.00. The van der Waals surface area contributed by atoms with E-state index in [9.17, 15) is 9.18 Å². The zero-order valence-electron chi connectivity index (χ0n) is 13.3. The molecule has 1 amide bonds. The summed E-state index contributed by atoms with van der Waals surface area (Å²) in [6.45, 7) is 1.97. The van der Waals surface area contributed by atoms with Crippen LogP contribution in [0, 0.1) is 5.82 Å². The van der Waals surface area contributed by atoms with Crippen LogP contribution in [0.2, 0.25) is 0 Å². The first-order chi connectivity index (χ1) is 11.6. The number of rotatable bonds is 7. The lowest BCUT2D eigenvalue weighted by atomic mass is 10.1. The average Bonchev–Trinajstić information content (AvgIpc) is 2.56. The summed E-state index contributed by atoms with van der Waals surface area (Å²) in [5.74, 6) is -0.0921. The summed E-state index contributed by atoms with van der Waals surface area (Å²) in [4.78, 5) is 11.7. The molecule has 0 radical (unpaired) electrons. The lowest BCUT2D eigenvalue weighted by Gasteiger charge is -2.08. The molecule has 0 spiro atoms. The van der Waals surface area contributed by atoms with E-state index in [-0.39, 0.29) is 18.3 Å². The fraction of sp³-hybridized carbons (Fsp3) is 0.222. The number of aryl methyl sites for hydroxylation is 1. The van der Waals surface area contributed by atoms with E-state index in [4.69, 9.17) is 4.74 Å². The van der Waals surface area contributed by atoms with Gasteiger partial charge in [-0.3, -0.25) is 4.79 Å². The molecule has 2 rings (SSSR count). The van der Waals surface area contributed by atoms with Crippen molar-refractivity contribution >= 4 is 28.1 Å². The lowest BCUT2D eigenvalue weighted by Crippen LogP contribution is -2.24. The first-order valence-electron chi connectivity index (χ1n) is 7.57. The third kappa shape index (κ3) is 5.77. The molecule has 2 aromatic rings. The first kappa shape index (κ1) is 18.1. The zero-order valence-corrected chi connectivity index (χ0v) is 14.8. The Balaban J connectivity index is 1.81. The van der Waals surface area contributed by atoms with Crippen molar-refractivity contribution in [2.24, 2.45) is 5.10 Å². The SMILES string of the molecule is CCCc1ccc(OCC(=O)N/N=C/c2ccc(F)cc2)c(Br)c1. The van der Waals surface area contributed by atoms with Gasteiger partial charge in [0.15, 0.2) is 6.61 Å². The molecule has 0 aromatic heterocycles. The highest BCUT2D eigenvalue weighted by molar-refractivity contribution is 9.10. The largest absolute Gasteiger partial charge is 0.483 e. The van der Waals surface area contributed by atoms with Gasteiger partial charge < -0.3 is 4.74 Å². The van der Waals surface area contributed by atoms with Gasteiger partial charge in [0.2, 0.25) is 0 Å². The minimum Gasteiger partial charge on any atom is -0.483 e. The molecule has 0 aliphatic carbocycles. The first-order valence-corrected chi connectivity index (χ1v) is 8.36. The van der Waals surface area contributed by atoms with Gasteiger partial charge in [0.25, 0.3) is 5.91 Å². The molecule has 1 N–H and O–H groups in total. The molecule has 0 bridgehead atoms. The molecule has 6 heteroatoms. The fourth-order valence-electron chi connectivity index (χ4n) is 2.01. The maximum atomic E-state index is 12.8. The molecule has 126 valence electrons. The standard InChI is InChI=1S/C18H18BrFN2O2/c1-2-3-13-6-9-17(16(19)10-13)24-12-18(23)22-21-11-14-4-7-15(20)8-5-14/h4-11H,2-3,12H2,1H3,(H,22,23)/b21-11+. The van der Waals surface area contributed by atoms with Crippen molar-refractivity contribution in [1.82, 2.24) is 5.43 Å². The maximum Gasteiger partial charge on any atom is 0.277 e. The van der Waals surface area contributed by atoms with Crippen LogP contribution in [0.1, 0.15) is 24.5 Å². The van der Waals surface area contributed by atoms with Crippen molar-refractivity contribution in [2.75, 3.05) is 6.61 Å². The van der Waals surface area contributed by atoms with Crippen LogP contribution >= 0.6 is 15.9 Å². The Labute approximate surface area is 148 Å². The van der Waals surface area contributed by atoms with Gasteiger partial charge in [-0.2, -0.15) is 5.10 Å². The zero-order chi connectivity index (χ0) is 17.4. The van der Waals surface area contributed by atoms with Gasteiger partial charge in [0.1, 0.15) is 11.6 Å². The van der Waals surface area contributed by atoms with E-state index in [1.165, 1.54) is 23.9 Å². The van der Waals surface area contributed by atoms with Crippen LogP contribution in [0.5, 0.6) is 5.75 Å². The van der Waals surface area contributed by atoms with Gasteiger partial charge in [-0.05, 0) is 57.7 Å². The van der Waals surface area contributed by atoms with Crippen molar-refractivity contribution < 1.29 is 13.9 Å². The normalized spacial score (nSPS) is 10.8. The predicted molar refractivity (Wildman–Crippen MR) is 95.8 cm³/mol. The number of hydrogen-bond donors (Lipinski definition) is 1. The number of nitrogens with zero attached hydrogens (tertiary/aromatic N) is 1. The van der Waals surface area contributed by atoms with Crippen molar-refractivity contribution in [3.05, 3.63) is 63.9 Å². The van der Waals surface area contributed by atoms with Crippen molar-refractivity contribution in [3.63, 3.8) is 0 Å². The summed E-state index contributed by atoms with van der Waals surface area (Å²) < 4.78 is 19.0. The highest BCUT2D eigenvalue weighted by atomic mass is 79.9. The van der Waals surface area contributed by atoms with Gasteiger partial charge >= 0.3 is 0 Å². The third-order valence-electron chi connectivity index (χ3n) is 3.17. The van der Waals surface area contributed by atoms with E-state index < -0.39 is 0 Å². The van der Waals surface area contributed by atoms with Crippen LogP contribution in [-0.2, 0) is 11.2 Å². The molecular formula is C18H18BrFN2O2. The number of carbonyl (C=O) groups is 1. The van der Waals surface area contributed by atoms with Crippen molar-refractivity contribution in [2.45, 2.75) is 19.8 Å². The number of carbonyl (C=O) groups excluding carboxylic acids is 1. The second-order valence-electron chi connectivity index (χ2n) is 5.15. The van der Waals surface area contributed by atoms with Crippen molar-refractivity contribution in [1.29, 1.82) is 0 Å². The van der Waals surface area contributed by atoms with E-state index in [0.29, 0.717) is 11.3 Å². The van der Waals surface area contributed by atoms with E-state index in [0.717, 1.165) is 17.3 Å². The molecule has 0 atom stereocenters. The van der Waals surface area contributed by atoms with Crippen LogP contribution in [0.25, 0.3) is 0 Å². The lowest BCUT2D eigenvalue weighted by molar-refractivity contribution is -0.123. The average molecular weight is 393 g/mol. The monoisotopic (exact) mass is 392 g/mol. The summed E-state index contributed by atoms with van der Waals surface area (Å²) >= 11 is 3.44. The Morgan fingerprint density at radius 2 is 2.04 bits per heavy atom. The van der Waals surface area contributed by atoms with Crippen LogP contribution in [0.3, 0.4) is 0 Å². The molecule has 2 aromatic carbocycles. The number of hydrogen-bond acceptors (Lipinski definition) is 3. The van der Waals surface area contributed by atoms with Crippen molar-refractivity contribution in [3.8, 4) is 5.75 Å². The molecule has 24 heavy (non-hydrogen) atoms. The highest BCUT2D eigenvalue weighted by Crippen LogP contribution is 2.26. The maximum absolute atomic E-state index is 12.8. The predicted octanol–water partition coefficient (Wildman–Crippen LogP) is 4.07. The van der Waals surface area contributed by atoms with E-state index in [1.54, 1.807) is 12.1 Å². The quantitative estimate of drug-likeness (QED) is 0.570. The van der Waals surface area contributed by atoms with Gasteiger partial charge in [-0.25, -0.2) is 9.82 Å². The second kappa shape index (κ2) is 9.17. The molecule has 0 aliphatic rings. The topological polar surface area (TPSA) is 50.7 Å². The molecule has 0 saturated carbocycles. The van der Waals surface area contributed by atoms with Crippen LogP contribution in [-0.4, -0.2) is 18.7 Å². The van der Waals surface area contributed by atoms with Crippen LogP contribution in [0.15, 0.2) is 52.0 Å². The summed E-state index contributed by atoms with van der Waals surface area (Å²) in [7, 11) is 0. The van der Waals surface area contributed by atoms with Gasteiger partial charge in [-0.15, -0.1) is 0 Å². The Morgan fingerprint density at radius 1 is 1.29 bits per heavy atom. The van der Waals surface area contributed by atoms with Gasteiger partial charge in [0, 0.05) is 0 Å². The highest BCUT2D eigenvalue weighted by Gasteiger charge is 2.06. The number of ether oxygens (including phenoxy) is 1. The molecule has 0 heterocycles. The number of amides is 1. The van der Waals surface area contributed by atoms with E-state index >= 15 is 0 Å². The molecule has 0 fully saturated rings. The van der Waals surface area contributed by atoms with E-state index in [2.05, 4.69) is 33.4 Å². The summed E-state index contributed by atoms with van der Waals surface area (Å²) in [5, 5.41) is 3.81. The van der Waals surface area contributed by atoms with Gasteiger partial charge in [0.05, 0.1) is 10.7 Å². The van der Waals surface area contributed by atoms with Crippen LogP contribution < -0.4 is 10.2 Å². The molecule has 0 saturated heterocycles. The Hall–Kier alpha value is -2.21. The Morgan fingerprint density at radius 3 is 2.71 bits per heavy atom. The smallest absolute Gasteiger partial charge is 0.277 e. The molecule has 0 aliphatic heterocycles. The van der Waals surface area contributed by atoms with E-state index in [1.807, 2.05) is 18.2 Å².